The Bertz CT molecular complexity index is 739. The maximum Gasteiger partial charge on any atom is 0.250 e. The summed E-state index contributed by atoms with van der Waals surface area (Å²) < 4.78 is 35.0. The first kappa shape index (κ1) is 15.5. The van der Waals surface area contributed by atoms with E-state index >= 15 is 0 Å². The van der Waals surface area contributed by atoms with Gasteiger partial charge in [0.15, 0.2) is 0 Å². The van der Waals surface area contributed by atoms with Crippen molar-refractivity contribution in [2.75, 3.05) is 0 Å². The van der Waals surface area contributed by atoms with Crippen LogP contribution in [0.3, 0.4) is 0 Å². The Balaban J connectivity index is 1.94. The summed E-state index contributed by atoms with van der Waals surface area (Å²) in [6.07, 6.45) is 5.74. The highest BCUT2D eigenvalue weighted by Crippen LogP contribution is 2.34. The van der Waals surface area contributed by atoms with Crippen LogP contribution in [-0.2, 0) is 15.6 Å². The lowest BCUT2D eigenvalue weighted by molar-refractivity contribution is 0.267. The molecular formula is C13H19N5O2S2. The second-order valence-corrected chi connectivity index (χ2v) is 8.42. The zero-order valence-electron chi connectivity index (χ0n) is 12.6. The van der Waals surface area contributed by atoms with Gasteiger partial charge in [0.2, 0.25) is 15.0 Å². The number of aryl methyl sites for hydroxylation is 1. The topological polar surface area (TPSA) is 90.6 Å². The van der Waals surface area contributed by atoms with E-state index in [2.05, 4.69) is 25.9 Å². The fraction of sp³-hybridized carbons (Fsp3) is 0.692. The first-order valence-corrected chi connectivity index (χ1v) is 9.76. The summed E-state index contributed by atoms with van der Waals surface area (Å²) in [4.78, 5) is 0. The first-order valence-electron chi connectivity index (χ1n) is 7.38. The fourth-order valence-electron chi connectivity index (χ4n) is 3.13. The van der Waals surface area contributed by atoms with Gasteiger partial charge < -0.3 is 0 Å². The maximum atomic E-state index is 12.7. The lowest BCUT2D eigenvalue weighted by Crippen LogP contribution is -2.23. The van der Waals surface area contributed by atoms with E-state index in [4.69, 9.17) is 0 Å². The molecule has 0 N–H and O–H groups in total. The summed E-state index contributed by atoms with van der Waals surface area (Å²) >= 11 is 1.01. The Morgan fingerprint density at radius 1 is 1.36 bits per heavy atom. The van der Waals surface area contributed by atoms with Crippen LogP contribution < -0.4 is 0 Å². The molecule has 0 spiro atoms. The molecule has 1 fully saturated rings. The van der Waals surface area contributed by atoms with Crippen LogP contribution in [0.25, 0.3) is 0 Å². The van der Waals surface area contributed by atoms with Gasteiger partial charge in [-0.2, -0.15) is 8.75 Å². The molecule has 0 aliphatic heterocycles. The van der Waals surface area contributed by atoms with Gasteiger partial charge in [-0.05, 0) is 25.7 Å². The average molecular weight is 341 g/mol. The third-order valence-corrected chi connectivity index (χ3v) is 6.16. The fourth-order valence-corrected chi connectivity index (χ4v) is 5.04. The number of hydrogen-bond donors (Lipinski definition) is 0. The lowest BCUT2D eigenvalue weighted by Gasteiger charge is -2.29. The smallest absolute Gasteiger partial charge is 0.250 e. The molecule has 2 heterocycles. The largest absolute Gasteiger partial charge is 0.299 e. The van der Waals surface area contributed by atoms with Crippen molar-refractivity contribution in [3.8, 4) is 0 Å². The molecule has 0 aromatic carbocycles. The minimum absolute atomic E-state index is 0.0668. The van der Waals surface area contributed by atoms with Crippen LogP contribution in [0.5, 0.6) is 0 Å². The van der Waals surface area contributed by atoms with Crippen molar-refractivity contribution in [3.63, 3.8) is 0 Å². The van der Waals surface area contributed by atoms with Gasteiger partial charge in [-0.1, -0.05) is 19.8 Å². The molecular weight excluding hydrogens is 322 g/mol. The third-order valence-electron chi connectivity index (χ3n) is 4.13. The van der Waals surface area contributed by atoms with E-state index in [0.29, 0.717) is 17.4 Å². The van der Waals surface area contributed by atoms with Gasteiger partial charge in [0.1, 0.15) is 11.6 Å². The molecule has 0 unspecified atom stereocenters. The van der Waals surface area contributed by atoms with Crippen molar-refractivity contribution in [1.29, 1.82) is 0 Å². The van der Waals surface area contributed by atoms with Crippen LogP contribution in [-0.4, -0.2) is 31.9 Å². The van der Waals surface area contributed by atoms with E-state index in [1.54, 1.807) is 0 Å². The maximum absolute atomic E-state index is 12.7. The molecule has 2 aromatic rings. The molecule has 1 saturated carbocycles. The summed E-state index contributed by atoms with van der Waals surface area (Å²) in [5, 5.41) is 8.03. The van der Waals surface area contributed by atoms with Gasteiger partial charge in [0, 0.05) is 6.04 Å². The Morgan fingerprint density at radius 2 is 2.18 bits per heavy atom. The molecule has 0 bridgehead atoms. The van der Waals surface area contributed by atoms with E-state index in [9.17, 15) is 8.42 Å². The second-order valence-electron chi connectivity index (χ2n) is 5.98. The number of rotatable bonds is 4. The number of hydrogen-bond acceptors (Lipinski definition) is 7. The van der Waals surface area contributed by atoms with Crippen LogP contribution in [0, 0.1) is 12.8 Å². The molecule has 9 heteroatoms. The lowest BCUT2D eigenvalue weighted by atomic mass is 9.87. The number of sulfone groups is 1. The zero-order valence-corrected chi connectivity index (χ0v) is 14.3. The average Bonchev–Trinajstić information content (AvgIpc) is 3.08. The molecule has 7 nitrogen and oxygen atoms in total. The minimum atomic E-state index is -3.57. The van der Waals surface area contributed by atoms with Crippen LogP contribution in [0.15, 0.2) is 11.4 Å². The Kier molecular flexibility index (Phi) is 4.26. The molecule has 1 aliphatic carbocycles. The van der Waals surface area contributed by atoms with Crippen molar-refractivity contribution in [2.24, 2.45) is 5.92 Å². The van der Waals surface area contributed by atoms with Gasteiger partial charge in [0.05, 0.1) is 23.6 Å². The van der Waals surface area contributed by atoms with Crippen LogP contribution in [0.1, 0.15) is 50.2 Å². The molecule has 0 radical (unpaired) electrons. The minimum Gasteiger partial charge on any atom is -0.299 e. The highest BCUT2D eigenvalue weighted by Gasteiger charge is 2.30. The summed E-state index contributed by atoms with van der Waals surface area (Å²) in [6.45, 7) is 4.02. The SMILES string of the molecule is Cc1nnc(S(=O)(=O)Cc2cnsn2)n1[C@H]1CCC[C@H](C)C1. The quantitative estimate of drug-likeness (QED) is 0.846. The van der Waals surface area contributed by atoms with E-state index < -0.39 is 9.84 Å². The molecule has 3 rings (SSSR count). The van der Waals surface area contributed by atoms with Crippen LogP contribution in [0.4, 0.5) is 0 Å². The van der Waals surface area contributed by atoms with E-state index in [1.165, 1.54) is 12.6 Å². The van der Waals surface area contributed by atoms with Gasteiger partial charge in [-0.15, -0.1) is 10.2 Å². The Morgan fingerprint density at radius 3 is 2.86 bits per heavy atom. The van der Waals surface area contributed by atoms with Crippen molar-refractivity contribution in [2.45, 2.75) is 56.5 Å². The molecule has 1 aliphatic rings. The highest BCUT2D eigenvalue weighted by molar-refractivity contribution is 7.90. The van der Waals surface area contributed by atoms with Crippen molar-refractivity contribution >= 4 is 21.6 Å². The van der Waals surface area contributed by atoms with Crippen molar-refractivity contribution in [1.82, 2.24) is 23.5 Å². The van der Waals surface area contributed by atoms with E-state index in [-0.39, 0.29) is 17.0 Å². The van der Waals surface area contributed by atoms with Gasteiger partial charge >= 0.3 is 0 Å². The third kappa shape index (κ3) is 3.05. The Hall–Kier alpha value is -1.35. The molecule has 0 amide bonds. The Labute approximate surface area is 134 Å². The standard InChI is InChI=1S/C13H19N5O2S2/c1-9-4-3-5-12(6-9)18-10(2)15-16-13(18)22(19,20)8-11-7-14-21-17-11/h7,9,12H,3-6,8H2,1-2H3/t9-,12-/m0/s1. The van der Waals surface area contributed by atoms with E-state index in [0.717, 1.165) is 31.0 Å². The highest BCUT2D eigenvalue weighted by atomic mass is 32.2. The van der Waals surface area contributed by atoms with Crippen molar-refractivity contribution in [3.05, 3.63) is 17.7 Å². The normalized spacial score (nSPS) is 22.8. The molecule has 0 saturated heterocycles. The second kappa shape index (κ2) is 6.04. The first-order chi connectivity index (χ1) is 10.5. The van der Waals surface area contributed by atoms with Gasteiger partial charge in [-0.25, -0.2) is 8.42 Å². The number of aromatic nitrogens is 5. The molecule has 22 heavy (non-hydrogen) atoms. The summed E-state index contributed by atoms with van der Waals surface area (Å²) in [7, 11) is -3.57. The summed E-state index contributed by atoms with van der Waals surface area (Å²) in [6, 6.07) is 0.164. The van der Waals surface area contributed by atoms with Gasteiger partial charge in [-0.3, -0.25) is 4.57 Å². The van der Waals surface area contributed by atoms with Crippen molar-refractivity contribution < 1.29 is 8.42 Å². The van der Waals surface area contributed by atoms with Crippen LogP contribution >= 0.6 is 11.7 Å². The van der Waals surface area contributed by atoms with Gasteiger partial charge in [0.25, 0.3) is 0 Å². The molecule has 2 aromatic heterocycles. The summed E-state index contributed by atoms with van der Waals surface area (Å²) in [5.74, 6) is 1.08. The predicted octanol–water partition coefficient (Wildman–Crippen LogP) is 2.16. The molecule has 120 valence electrons. The predicted molar refractivity (Wildman–Crippen MR) is 82.2 cm³/mol. The molecule has 2 atom stereocenters. The summed E-state index contributed by atoms with van der Waals surface area (Å²) in [5.41, 5.74) is 0.453. The number of nitrogens with zero attached hydrogens (tertiary/aromatic N) is 5. The van der Waals surface area contributed by atoms with E-state index in [1.807, 2.05) is 11.5 Å². The van der Waals surface area contributed by atoms with Crippen LogP contribution in [0.2, 0.25) is 0 Å². The monoisotopic (exact) mass is 341 g/mol. The zero-order chi connectivity index (χ0) is 15.7.